The summed E-state index contributed by atoms with van der Waals surface area (Å²) in [5.41, 5.74) is 3.34. The third-order valence-electron chi connectivity index (χ3n) is 6.88. The number of ether oxygens (including phenoxy) is 2. The van der Waals surface area contributed by atoms with Gasteiger partial charge in [-0.05, 0) is 48.6 Å². The van der Waals surface area contributed by atoms with E-state index in [0.717, 1.165) is 48.3 Å². The van der Waals surface area contributed by atoms with Crippen LogP contribution in [0.2, 0.25) is 0 Å². The first kappa shape index (κ1) is 29.9. The highest BCUT2D eigenvalue weighted by Gasteiger charge is 2.12. The first-order valence-corrected chi connectivity index (χ1v) is 14.7. The molecular weight excluding hydrogens is 444 g/mol. The summed E-state index contributed by atoms with van der Waals surface area (Å²) in [6.07, 6.45) is 17.8. The van der Waals surface area contributed by atoms with E-state index in [2.05, 4.69) is 62.4 Å². The van der Waals surface area contributed by atoms with Crippen LogP contribution in [0.3, 0.4) is 0 Å². The molecule has 0 heterocycles. The molecule has 3 nitrogen and oxygen atoms in total. The molecular formula is C33H50O3. The fraction of sp³-hybridized carbons (Fsp3) is 0.606. The summed E-state index contributed by atoms with van der Waals surface area (Å²) in [4.78, 5) is 12.2. The summed E-state index contributed by atoms with van der Waals surface area (Å²) >= 11 is 0. The summed E-state index contributed by atoms with van der Waals surface area (Å²) in [5, 5.41) is 0. The lowest BCUT2D eigenvalue weighted by Crippen LogP contribution is -2.08. The van der Waals surface area contributed by atoms with Crippen molar-refractivity contribution in [2.75, 3.05) is 6.61 Å². The van der Waals surface area contributed by atoms with Crippen LogP contribution in [0.1, 0.15) is 129 Å². The van der Waals surface area contributed by atoms with Gasteiger partial charge >= 0.3 is 5.97 Å². The zero-order valence-electron chi connectivity index (χ0n) is 23.2. The molecule has 0 saturated carbocycles. The third-order valence-corrected chi connectivity index (χ3v) is 6.88. The van der Waals surface area contributed by atoms with Crippen LogP contribution in [0.25, 0.3) is 11.1 Å². The molecule has 0 fully saturated rings. The van der Waals surface area contributed by atoms with E-state index in [-0.39, 0.29) is 12.1 Å². The predicted molar refractivity (Wildman–Crippen MR) is 152 cm³/mol. The number of rotatable bonds is 20. The summed E-state index contributed by atoms with van der Waals surface area (Å²) in [7, 11) is 0. The topological polar surface area (TPSA) is 35.5 Å². The van der Waals surface area contributed by atoms with Crippen LogP contribution in [-0.4, -0.2) is 12.6 Å². The Labute approximate surface area is 221 Å². The maximum atomic E-state index is 12.2. The van der Waals surface area contributed by atoms with Crippen LogP contribution < -0.4 is 4.74 Å². The zero-order valence-corrected chi connectivity index (χ0v) is 23.2. The maximum absolute atomic E-state index is 12.2. The van der Waals surface area contributed by atoms with Gasteiger partial charge in [-0.15, -0.1) is 0 Å². The quantitative estimate of drug-likeness (QED) is 0.136. The first-order chi connectivity index (χ1) is 17.6. The minimum atomic E-state index is -0.224. The monoisotopic (exact) mass is 494 g/mol. The number of hydrogen-bond acceptors (Lipinski definition) is 3. The molecule has 0 aliphatic rings. The van der Waals surface area contributed by atoms with Gasteiger partial charge in [0.25, 0.3) is 0 Å². The maximum Gasteiger partial charge on any atom is 0.306 e. The van der Waals surface area contributed by atoms with Crippen LogP contribution in [0.15, 0.2) is 48.5 Å². The molecule has 200 valence electrons. The molecule has 36 heavy (non-hydrogen) atoms. The lowest BCUT2D eigenvalue weighted by Gasteiger charge is -2.14. The van der Waals surface area contributed by atoms with Crippen molar-refractivity contribution in [2.24, 2.45) is 0 Å². The highest BCUT2D eigenvalue weighted by atomic mass is 16.5. The smallest absolute Gasteiger partial charge is 0.306 e. The van der Waals surface area contributed by atoms with Gasteiger partial charge in [0.05, 0.1) is 6.61 Å². The molecule has 0 aromatic heterocycles. The Bertz CT molecular complexity index is 810. The van der Waals surface area contributed by atoms with E-state index in [9.17, 15) is 4.79 Å². The van der Waals surface area contributed by atoms with Gasteiger partial charge in [-0.25, -0.2) is 0 Å². The van der Waals surface area contributed by atoms with Gasteiger partial charge in [0, 0.05) is 6.42 Å². The first-order valence-electron chi connectivity index (χ1n) is 14.7. The van der Waals surface area contributed by atoms with Crippen molar-refractivity contribution < 1.29 is 14.3 Å². The molecule has 2 rings (SSSR count). The third kappa shape index (κ3) is 12.6. The second-order valence-electron chi connectivity index (χ2n) is 10.1. The summed E-state index contributed by atoms with van der Waals surface area (Å²) < 4.78 is 11.6. The average molecular weight is 495 g/mol. The van der Waals surface area contributed by atoms with Crippen LogP contribution >= 0.6 is 0 Å². The Balaban J connectivity index is 1.67. The van der Waals surface area contributed by atoms with E-state index >= 15 is 0 Å². The van der Waals surface area contributed by atoms with Gasteiger partial charge in [-0.2, -0.15) is 0 Å². The average Bonchev–Trinajstić information content (AvgIpc) is 2.90. The summed E-state index contributed by atoms with van der Waals surface area (Å²) in [5.74, 6) is 0.843. The van der Waals surface area contributed by atoms with Gasteiger partial charge in [-0.1, -0.05) is 127 Å². The summed E-state index contributed by atoms with van der Waals surface area (Å²) in [6.45, 7) is 7.23. The highest BCUT2D eigenvalue weighted by molar-refractivity contribution is 5.69. The fourth-order valence-electron chi connectivity index (χ4n) is 4.49. The molecule has 0 radical (unpaired) electrons. The normalized spacial score (nSPS) is 11.9. The molecule has 0 aliphatic carbocycles. The minimum Gasteiger partial charge on any atom is -0.494 e. The fourth-order valence-corrected chi connectivity index (χ4v) is 4.49. The number of carbonyl (C=O) groups excluding carboxylic acids is 1. The zero-order chi connectivity index (χ0) is 25.8. The van der Waals surface area contributed by atoms with E-state index in [1.165, 1.54) is 70.6 Å². The Morgan fingerprint density at radius 3 is 1.67 bits per heavy atom. The van der Waals surface area contributed by atoms with Crippen LogP contribution in [0.4, 0.5) is 0 Å². The van der Waals surface area contributed by atoms with Crippen LogP contribution in [0.5, 0.6) is 5.75 Å². The molecule has 0 saturated heterocycles. The predicted octanol–water partition coefficient (Wildman–Crippen LogP) is 10.2. The molecule has 2 aromatic carbocycles. The SMILES string of the molecule is CCCCCCCCCOc1ccc(-c2ccc(C(C)OC(=O)CCCCCCCCC)cc2)cc1. The van der Waals surface area contributed by atoms with Crippen molar-refractivity contribution in [2.45, 2.75) is 123 Å². The molecule has 0 aliphatic heterocycles. The van der Waals surface area contributed by atoms with E-state index in [1.807, 2.05) is 6.92 Å². The van der Waals surface area contributed by atoms with Gasteiger partial charge in [0.2, 0.25) is 0 Å². The van der Waals surface area contributed by atoms with Crippen molar-refractivity contribution in [1.29, 1.82) is 0 Å². The molecule has 1 unspecified atom stereocenters. The second kappa shape index (κ2) is 18.9. The van der Waals surface area contributed by atoms with E-state index in [1.54, 1.807) is 0 Å². The van der Waals surface area contributed by atoms with Gasteiger partial charge < -0.3 is 9.47 Å². The van der Waals surface area contributed by atoms with E-state index in [0.29, 0.717) is 6.42 Å². The van der Waals surface area contributed by atoms with Gasteiger partial charge in [0.1, 0.15) is 11.9 Å². The molecule has 0 spiro atoms. The molecule has 0 bridgehead atoms. The Hall–Kier alpha value is -2.29. The second-order valence-corrected chi connectivity index (χ2v) is 10.1. The van der Waals surface area contributed by atoms with Crippen LogP contribution in [0, 0.1) is 0 Å². The lowest BCUT2D eigenvalue weighted by atomic mass is 10.0. The number of esters is 1. The van der Waals surface area contributed by atoms with Crippen molar-refractivity contribution in [3.8, 4) is 16.9 Å². The minimum absolute atomic E-state index is 0.0905. The Morgan fingerprint density at radius 1 is 0.639 bits per heavy atom. The molecule has 3 heteroatoms. The van der Waals surface area contributed by atoms with Crippen molar-refractivity contribution in [1.82, 2.24) is 0 Å². The van der Waals surface area contributed by atoms with E-state index in [4.69, 9.17) is 9.47 Å². The number of unbranched alkanes of at least 4 members (excludes halogenated alkanes) is 12. The van der Waals surface area contributed by atoms with Gasteiger partial charge in [0.15, 0.2) is 0 Å². The Kier molecular flexibility index (Phi) is 15.7. The van der Waals surface area contributed by atoms with Crippen molar-refractivity contribution in [3.05, 3.63) is 54.1 Å². The molecule has 2 aromatic rings. The Morgan fingerprint density at radius 2 is 1.11 bits per heavy atom. The summed E-state index contributed by atoms with van der Waals surface area (Å²) in [6, 6.07) is 16.7. The largest absolute Gasteiger partial charge is 0.494 e. The van der Waals surface area contributed by atoms with Crippen molar-refractivity contribution >= 4 is 5.97 Å². The van der Waals surface area contributed by atoms with E-state index < -0.39 is 0 Å². The highest BCUT2D eigenvalue weighted by Crippen LogP contribution is 2.26. The molecule has 1 atom stereocenters. The molecule has 0 N–H and O–H groups in total. The number of hydrogen-bond donors (Lipinski definition) is 0. The standard InChI is InChI=1S/C33H50O3/c1-4-6-8-10-12-14-16-18-33(34)36-28(3)29-19-21-30(22-20-29)31-23-25-32(26-24-31)35-27-17-15-13-11-9-7-5-2/h19-26,28H,4-18,27H2,1-3H3. The van der Waals surface area contributed by atoms with Crippen molar-refractivity contribution in [3.63, 3.8) is 0 Å². The lowest BCUT2D eigenvalue weighted by molar-refractivity contribution is -0.148. The molecule has 0 amide bonds. The van der Waals surface area contributed by atoms with Gasteiger partial charge in [-0.3, -0.25) is 4.79 Å². The number of benzene rings is 2. The van der Waals surface area contributed by atoms with Crippen LogP contribution in [-0.2, 0) is 9.53 Å². The number of carbonyl (C=O) groups is 1.